The van der Waals surface area contributed by atoms with Gasteiger partial charge in [-0.25, -0.2) is 4.57 Å². The summed E-state index contributed by atoms with van der Waals surface area (Å²) in [5.41, 5.74) is 3.40. The average molecular weight is 386 g/mol. The number of aromatic nitrogens is 2. The maximum atomic E-state index is 10.5. The van der Waals surface area contributed by atoms with Crippen molar-refractivity contribution in [3.8, 4) is 11.5 Å². The second-order valence-corrected chi connectivity index (χ2v) is 6.85. The number of aliphatic hydroxyl groups is 1. The van der Waals surface area contributed by atoms with E-state index in [1.54, 1.807) is 33.9 Å². The quantitative estimate of drug-likeness (QED) is 0.496. The summed E-state index contributed by atoms with van der Waals surface area (Å²) in [7, 11) is -4.49. The third-order valence-corrected chi connectivity index (χ3v) is 4.21. The maximum Gasteiger partial charge on any atom is 0.469 e. The number of phosphoric acid groups is 1. The van der Waals surface area contributed by atoms with Crippen LogP contribution in [0.5, 0.6) is 11.5 Å². The van der Waals surface area contributed by atoms with E-state index in [2.05, 4.69) is 14.5 Å². The van der Waals surface area contributed by atoms with Gasteiger partial charge in [0.1, 0.15) is 11.5 Å². The van der Waals surface area contributed by atoms with Gasteiger partial charge in [-0.15, -0.1) is 0 Å². The zero-order chi connectivity index (χ0) is 20.1. The lowest BCUT2D eigenvalue weighted by Crippen LogP contribution is -1.97. The molecule has 0 unspecified atom stereocenters. The minimum Gasteiger partial charge on any atom is -0.506 e. The van der Waals surface area contributed by atoms with Crippen molar-refractivity contribution in [2.75, 3.05) is 0 Å². The highest BCUT2D eigenvalue weighted by molar-refractivity contribution is 7.46. The van der Waals surface area contributed by atoms with Gasteiger partial charge in [0, 0.05) is 23.5 Å². The van der Waals surface area contributed by atoms with Crippen molar-refractivity contribution in [2.24, 2.45) is 0 Å². The fourth-order valence-corrected chi connectivity index (χ4v) is 2.28. The van der Waals surface area contributed by atoms with Crippen molar-refractivity contribution < 1.29 is 34.2 Å². The summed E-state index contributed by atoms with van der Waals surface area (Å²) in [5, 5.41) is 27.6. The second-order valence-electron chi connectivity index (χ2n) is 5.61. The van der Waals surface area contributed by atoms with E-state index in [1.807, 2.05) is 0 Å². The van der Waals surface area contributed by atoms with E-state index in [0.29, 0.717) is 33.6 Å². The van der Waals surface area contributed by atoms with Gasteiger partial charge in [-0.2, -0.15) is 0 Å². The number of pyridine rings is 2. The minimum absolute atomic E-state index is 0.0156. The topological polar surface area (TPSA) is 153 Å². The van der Waals surface area contributed by atoms with Crippen LogP contribution in [-0.2, 0) is 22.3 Å². The Morgan fingerprint density at radius 1 is 0.923 bits per heavy atom. The molecule has 0 aliphatic heterocycles. The highest BCUT2D eigenvalue weighted by atomic mass is 31.2. The summed E-state index contributed by atoms with van der Waals surface area (Å²) in [4.78, 5) is 24.8. The summed E-state index contributed by atoms with van der Waals surface area (Å²) >= 11 is 0. The molecular formula is C16H23N2O7P. The molecule has 0 saturated carbocycles. The van der Waals surface area contributed by atoms with Crippen LogP contribution in [0.3, 0.4) is 0 Å². The molecular weight excluding hydrogens is 363 g/mol. The standard InChI is InChI=1S/C8H12NO5P.C8H11NO2/c1-5-7(4-14-15(11,12)13)3-9-6(2)8(5)10;1-5-7(4-10)3-9-6(2)8(5)11/h3,10H,4H2,1-2H3,(H2,11,12,13);3,10-11H,4H2,1-2H3. The molecule has 2 rings (SSSR count). The van der Waals surface area contributed by atoms with Crippen LogP contribution in [0.25, 0.3) is 0 Å². The molecule has 0 saturated heterocycles. The molecule has 0 amide bonds. The van der Waals surface area contributed by atoms with E-state index >= 15 is 0 Å². The largest absolute Gasteiger partial charge is 0.506 e. The number of rotatable bonds is 4. The number of aliphatic hydroxyl groups excluding tert-OH is 1. The Hall–Kier alpha value is -2.03. The van der Waals surface area contributed by atoms with Crippen molar-refractivity contribution in [1.29, 1.82) is 0 Å². The van der Waals surface area contributed by atoms with Crippen molar-refractivity contribution in [3.05, 3.63) is 46.0 Å². The van der Waals surface area contributed by atoms with Crippen LogP contribution < -0.4 is 0 Å². The molecule has 0 spiro atoms. The molecule has 144 valence electrons. The van der Waals surface area contributed by atoms with E-state index in [-0.39, 0.29) is 24.7 Å². The number of hydrogen-bond donors (Lipinski definition) is 5. The van der Waals surface area contributed by atoms with Crippen molar-refractivity contribution in [1.82, 2.24) is 9.97 Å². The number of nitrogens with zero attached hydrogens (tertiary/aromatic N) is 2. The van der Waals surface area contributed by atoms with E-state index in [1.165, 1.54) is 6.20 Å². The minimum atomic E-state index is -4.49. The number of phosphoric ester groups is 1. The Balaban J connectivity index is 0.000000273. The molecule has 0 fully saturated rings. The van der Waals surface area contributed by atoms with Crippen LogP contribution in [0.15, 0.2) is 12.4 Å². The third-order valence-electron chi connectivity index (χ3n) is 3.75. The number of aryl methyl sites for hydroxylation is 2. The van der Waals surface area contributed by atoms with Crippen LogP contribution in [0.2, 0.25) is 0 Å². The Morgan fingerprint density at radius 2 is 1.35 bits per heavy atom. The van der Waals surface area contributed by atoms with Crippen LogP contribution in [0, 0.1) is 27.7 Å². The zero-order valence-corrected chi connectivity index (χ0v) is 15.9. The van der Waals surface area contributed by atoms with Crippen LogP contribution in [0.4, 0.5) is 0 Å². The third kappa shape index (κ3) is 6.05. The van der Waals surface area contributed by atoms with E-state index in [9.17, 15) is 14.8 Å². The van der Waals surface area contributed by atoms with Gasteiger partial charge in [-0.05, 0) is 38.8 Å². The van der Waals surface area contributed by atoms with Crippen LogP contribution in [0.1, 0.15) is 33.6 Å². The molecule has 2 aromatic heterocycles. The Kier molecular flexibility index (Phi) is 7.68. The van der Waals surface area contributed by atoms with Gasteiger partial charge in [0.05, 0.1) is 24.6 Å². The predicted molar refractivity (Wildman–Crippen MR) is 93.5 cm³/mol. The predicted octanol–water partition coefficient (Wildman–Crippen LogP) is 1.91. The molecule has 2 heterocycles. The molecule has 0 aromatic carbocycles. The van der Waals surface area contributed by atoms with Crippen molar-refractivity contribution in [2.45, 2.75) is 40.9 Å². The molecule has 9 nitrogen and oxygen atoms in total. The van der Waals surface area contributed by atoms with Gasteiger partial charge in [0.25, 0.3) is 0 Å². The van der Waals surface area contributed by atoms with E-state index < -0.39 is 7.82 Å². The highest BCUT2D eigenvalue weighted by Gasteiger charge is 2.16. The first-order chi connectivity index (χ1) is 12.0. The fraction of sp³-hybridized carbons (Fsp3) is 0.375. The van der Waals surface area contributed by atoms with E-state index in [0.717, 1.165) is 0 Å². The van der Waals surface area contributed by atoms with Gasteiger partial charge < -0.3 is 25.1 Å². The number of hydrogen-bond acceptors (Lipinski definition) is 7. The normalized spacial score (nSPS) is 11.0. The Morgan fingerprint density at radius 3 is 1.77 bits per heavy atom. The van der Waals surface area contributed by atoms with Gasteiger partial charge in [-0.3, -0.25) is 14.5 Å². The summed E-state index contributed by atoms with van der Waals surface area (Å²) in [6, 6.07) is 0. The Labute approximate surface area is 151 Å². The van der Waals surface area contributed by atoms with Gasteiger partial charge >= 0.3 is 7.82 Å². The molecule has 2 aromatic rings. The number of aromatic hydroxyl groups is 2. The maximum absolute atomic E-state index is 10.5. The first kappa shape index (κ1) is 22.0. The first-order valence-corrected chi connectivity index (χ1v) is 9.10. The van der Waals surface area contributed by atoms with Crippen LogP contribution in [-0.4, -0.2) is 35.1 Å². The molecule has 0 bridgehead atoms. The van der Waals surface area contributed by atoms with Gasteiger partial charge in [0.2, 0.25) is 0 Å². The molecule has 0 atom stereocenters. The van der Waals surface area contributed by atoms with E-state index in [4.69, 9.17) is 14.9 Å². The lowest BCUT2D eigenvalue weighted by atomic mass is 10.1. The molecule has 26 heavy (non-hydrogen) atoms. The Bertz CT molecular complexity index is 821. The van der Waals surface area contributed by atoms with Gasteiger partial charge in [-0.1, -0.05) is 0 Å². The monoisotopic (exact) mass is 386 g/mol. The lowest BCUT2D eigenvalue weighted by molar-refractivity contribution is 0.188. The molecule has 5 N–H and O–H groups in total. The summed E-state index contributed by atoms with van der Waals surface area (Å²) < 4.78 is 14.8. The SMILES string of the molecule is Cc1ncc(CO)c(C)c1O.Cc1ncc(COP(=O)(O)O)c(C)c1O. The first-order valence-electron chi connectivity index (χ1n) is 7.57. The fourth-order valence-electron chi connectivity index (χ4n) is 1.97. The molecule has 0 aliphatic rings. The van der Waals surface area contributed by atoms with Crippen molar-refractivity contribution in [3.63, 3.8) is 0 Å². The molecule has 0 aliphatic carbocycles. The lowest BCUT2D eigenvalue weighted by Gasteiger charge is -2.09. The zero-order valence-electron chi connectivity index (χ0n) is 15.0. The molecule has 0 radical (unpaired) electrons. The molecule has 10 heteroatoms. The summed E-state index contributed by atoms with van der Waals surface area (Å²) in [6.45, 7) is 6.39. The van der Waals surface area contributed by atoms with Crippen LogP contribution >= 0.6 is 7.82 Å². The second kappa shape index (κ2) is 9.07. The smallest absolute Gasteiger partial charge is 0.469 e. The highest BCUT2D eigenvalue weighted by Crippen LogP contribution is 2.37. The van der Waals surface area contributed by atoms with Crippen molar-refractivity contribution >= 4 is 7.82 Å². The summed E-state index contributed by atoms with van der Waals surface area (Å²) in [6.07, 6.45) is 2.99. The summed E-state index contributed by atoms with van der Waals surface area (Å²) in [5.74, 6) is 0.193. The average Bonchev–Trinajstić information content (AvgIpc) is 2.57. The van der Waals surface area contributed by atoms with Gasteiger partial charge in [0.15, 0.2) is 0 Å².